The van der Waals surface area contributed by atoms with Gasteiger partial charge in [-0.25, -0.2) is 4.68 Å². The number of para-hydroxylation sites is 1. The molecule has 11 heteroatoms. The molecule has 6 atom stereocenters. The minimum atomic E-state index is -1.21. The van der Waals surface area contributed by atoms with Gasteiger partial charge >= 0.3 is 0 Å². The summed E-state index contributed by atoms with van der Waals surface area (Å²) in [5, 5.41) is 19.1. The number of nitrogens with zero attached hydrogens (tertiary/aromatic N) is 6. The number of amides is 3. The van der Waals surface area contributed by atoms with Crippen LogP contribution in [0.2, 0.25) is 0 Å². The van der Waals surface area contributed by atoms with Crippen molar-refractivity contribution in [3.63, 3.8) is 0 Å². The molecule has 0 aliphatic carbocycles. The van der Waals surface area contributed by atoms with Crippen LogP contribution in [0.15, 0.2) is 49.6 Å². The molecule has 3 fully saturated rings. The molecule has 5 rings (SSSR count). The van der Waals surface area contributed by atoms with Crippen LogP contribution in [0.5, 0.6) is 0 Å². The Labute approximate surface area is 259 Å². The minimum Gasteiger partial charge on any atom is -0.394 e. The van der Waals surface area contributed by atoms with Gasteiger partial charge in [0.15, 0.2) is 0 Å². The Morgan fingerprint density at radius 3 is 2.48 bits per heavy atom. The molecule has 2 unspecified atom stereocenters. The molecule has 1 aromatic heterocycles. The molecule has 0 radical (unpaired) electrons. The van der Waals surface area contributed by atoms with E-state index in [4.69, 9.17) is 4.74 Å². The molecular formula is C33H46N6O5. The third-order valence-electron chi connectivity index (χ3n) is 9.97. The molecule has 0 saturated carbocycles. The van der Waals surface area contributed by atoms with Crippen molar-refractivity contribution in [2.45, 2.75) is 83.3 Å². The number of hydrogen-bond donors (Lipinski definition) is 1. The van der Waals surface area contributed by atoms with Gasteiger partial charge in [-0.1, -0.05) is 57.2 Å². The van der Waals surface area contributed by atoms with Crippen molar-refractivity contribution in [2.24, 2.45) is 17.8 Å². The van der Waals surface area contributed by atoms with E-state index in [0.29, 0.717) is 37.9 Å². The summed E-state index contributed by atoms with van der Waals surface area (Å²) in [6.45, 7) is 16.4. The summed E-state index contributed by atoms with van der Waals surface area (Å²) in [5.41, 5.74) is -0.585. The summed E-state index contributed by atoms with van der Waals surface area (Å²) in [6, 6.07) is 5.85. The van der Waals surface area contributed by atoms with Crippen LogP contribution in [0, 0.1) is 17.8 Å². The first-order chi connectivity index (χ1) is 21.1. The summed E-state index contributed by atoms with van der Waals surface area (Å²) >= 11 is 0. The van der Waals surface area contributed by atoms with Crippen LogP contribution >= 0.6 is 0 Å². The first-order valence-electron chi connectivity index (χ1n) is 15.8. The summed E-state index contributed by atoms with van der Waals surface area (Å²) < 4.78 is 8.63. The van der Waals surface area contributed by atoms with E-state index in [2.05, 4.69) is 23.5 Å². The van der Waals surface area contributed by atoms with Crippen LogP contribution in [0.25, 0.3) is 11.0 Å². The van der Waals surface area contributed by atoms with Crippen molar-refractivity contribution in [3.8, 4) is 0 Å². The van der Waals surface area contributed by atoms with Crippen molar-refractivity contribution in [3.05, 3.63) is 49.6 Å². The number of benzene rings is 1. The normalized spacial score (nSPS) is 28.0. The highest BCUT2D eigenvalue weighted by atomic mass is 16.5. The smallest absolute Gasteiger partial charge is 0.250 e. The fourth-order valence-corrected chi connectivity index (χ4v) is 7.93. The lowest BCUT2D eigenvalue weighted by atomic mass is 9.64. The maximum absolute atomic E-state index is 14.9. The lowest BCUT2D eigenvalue weighted by molar-refractivity contribution is -0.159. The number of carbonyl (C=O) groups is 3. The topological polar surface area (TPSA) is 121 Å². The summed E-state index contributed by atoms with van der Waals surface area (Å²) in [7, 11) is 0. The molecule has 1 aromatic carbocycles. The maximum Gasteiger partial charge on any atom is 0.250 e. The largest absolute Gasteiger partial charge is 0.394 e. The van der Waals surface area contributed by atoms with Gasteiger partial charge in [0.25, 0.3) is 0 Å². The van der Waals surface area contributed by atoms with E-state index in [0.717, 1.165) is 11.9 Å². The minimum absolute atomic E-state index is 0.0843. The molecule has 2 aromatic rings. The van der Waals surface area contributed by atoms with Crippen LogP contribution in [0.4, 0.5) is 0 Å². The van der Waals surface area contributed by atoms with Crippen molar-refractivity contribution in [2.75, 3.05) is 26.2 Å². The fraction of sp³-hybridized carbons (Fsp3) is 0.606. The Kier molecular flexibility index (Phi) is 9.00. The first kappa shape index (κ1) is 31.8. The molecule has 1 N–H and O–H groups in total. The lowest BCUT2D eigenvalue weighted by Gasteiger charge is -2.40. The fourth-order valence-electron chi connectivity index (χ4n) is 7.93. The molecular weight excluding hydrogens is 560 g/mol. The SMILES string of the molecule is C=CCN(Cn1nnc2ccccc21)C(=O)C1N([C@@H](CO)C(C)C)C(=O)[C@@H]2[C@@H](C(=O)N(CC=C)CCC)[C@@]3(CC)CCC12O3. The number of rotatable bonds is 14. The Hall–Kier alpha value is -3.57. The number of hydrogen-bond acceptors (Lipinski definition) is 7. The van der Waals surface area contributed by atoms with Gasteiger partial charge in [0.05, 0.1) is 35.6 Å². The van der Waals surface area contributed by atoms with E-state index in [1.54, 1.807) is 31.5 Å². The Balaban J connectivity index is 1.61. The standard InChI is InChI=1S/C33H46N6O5/c1-7-17-36(18-8-2)29(41)26-27-30(42)39(25(20-40)22(5)6)28(33(27)16-15-32(26,10-4)44-33)31(43)37(19-9-3)21-38-24-14-12-11-13-23(24)34-35-38/h7,9,11-14,22,25-28,40H,1,3,8,10,15-21H2,2,4-6H3/t25-,26-,27-,28?,32+,33?/m0/s1. The molecule has 2 bridgehead atoms. The third-order valence-corrected chi connectivity index (χ3v) is 9.97. The molecule has 3 aliphatic rings. The van der Waals surface area contributed by atoms with Gasteiger partial charge in [-0.05, 0) is 43.7 Å². The van der Waals surface area contributed by atoms with Crippen molar-refractivity contribution < 1.29 is 24.2 Å². The average Bonchev–Trinajstić information content (AvgIpc) is 3.74. The summed E-state index contributed by atoms with van der Waals surface area (Å²) in [6.07, 6.45) is 5.68. The number of aromatic nitrogens is 3. The van der Waals surface area contributed by atoms with Gasteiger partial charge in [0, 0.05) is 19.6 Å². The van der Waals surface area contributed by atoms with E-state index >= 15 is 0 Å². The van der Waals surface area contributed by atoms with Gasteiger partial charge < -0.3 is 24.5 Å². The van der Waals surface area contributed by atoms with Crippen LogP contribution < -0.4 is 0 Å². The zero-order valence-corrected chi connectivity index (χ0v) is 26.4. The second-order valence-corrected chi connectivity index (χ2v) is 12.7. The van der Waals surface area contributed by atoms with Crippen LogP contribution in [0.1, 0.15) is 53.4 Å². The molecule has 1 spiro atoms. The number of fused-ring (bicyclic) bond motifs is 2. The Morgan fingerprint density at radius 2 is 1.84 bits per heavy atom. The van der Waals surface area contributed by atoms with E-state index in [1.165, 1.54) is 0 Å². The molecule has 44 heavy (non-hydrogen) atoms. The predicted octanol–water partition coefficient (Wildman–Crippen LogP) is 3.00. The zero-order valence-electron chi connectivity index (χ0n) is 26.4. The van der Waals surface area contributed by atoms with Gasteiger partial charge in [-0.3, -0.25) is 14.4 Å². The van der Waals surface area contributed by atoms with Gasteiger partial charge in [0.1, 0.15) is 23.8 Å². The van der Waals surface area contributed by atoms with Crippen LogP contribution in [-0.2, 0) is 25.8 Å². The molecule has 3 aliphatic heterocycles. The second-order valence-electron chi connectivity index (χ2n) is 12.7. The highest BCUT2D eigenvalue weighted by molar-refractivity contribution is 5.99. The number of aliphatic hydroxyl groups is 1. The monoisotopic (exact) mass is 606 g/mol. The van der Waals surface area contributed by atoms with Gasteiger partial charge in [-0.2, -0.15) is 0 Å². The third kappa shape index (κ3) is 4.84. The molecule has 238 valence electrons. The maximum atomic E-state index is 14.9. The average molecular weight is 607 g/mol. The van der Waals surface area contributed by atoms with E-state index in [1.807, 2.05) is 52.0 Å². The quantitative estimate of drug-likeness (QED) is 0.328. The van der Waals surface area contributed by atoms with E-state index < -0.39 is 35.1 Å². The number of carbonyl (C=O) groups excluding carboxylic acids is 3. The molecule has 3 amide bonds. The van der Waals surface area contributed by atoms with E-state index in [9.17, 15) is 19.5 Å². The number of ether oxygens (including phenoxy) is 1. The van der Waals surface area contributed by atoms with E-state index in [-0.39, 0.29) is 43.5 Å². The lowest BCUT2D eigenvalue weighted by Crippen LogP contribution is -2.59. The summed E-state index contributed by atoms with van der Waals surface area (Å²) in [5.74, 6) is -2.49. The van der Waals surface area contributed by atoms with Crippen molar-refractivity contribution >= 4 is 28.8 Å². The van der Waals surface area contributed by atoms with Crippen LogP contribution in [0.3, 0.4) is 0 Å². The van der Waals surface area contributed by atoms with Crippen molar-refractivity contribution in [1.29, 1.82) is 0 Å². The zero-order chi connectivity index (χ0) is 31.8. The molecule has 4 heterocycles. The highest BCUT2D eigenvalue weighted by Crippen LogP contribution is 2.65. The highest BCUT2D eigenvalue weighted by Gasteiger charge is 2.79. The van der Waals surface area contributed by atoms with Crippen LogP contribution in [-0.4, -0.2) is 102 Å². The predicted molar refractivity (Wildman–Crippen MR) is 166 cm³/mol. The van der Waals surface area contributed by atoms with Gasteiger partial charge in [0.2, 0.25) is 17.7 Å². The molecule has 3 saturated heterocycles. The Morgan fingerprint density at radius 1 is 1.14 bits per heavy atom. The Bertz CT molecular complexity index is 1420. The van der Waals surface area contributed by atoms with Gasteiger partial charge in [-0.15, -0.1) is 18.3 Å². The summed E-state index contributed by atoms with van der Waals surface area (Å²) in [4.78, 5) is 48.8. The molecule has 11 nitrogen and oxygen atoms in total. The van der Waals surface area contributed by atoms with Crippen molar-refractivity contribution in [1.82, 2.24) is 29.7 Å². The first-order valence-corrected chi connectivity index (χ1v) is 15.8. The second kappa shape index (κ2) is 12.4. The number of aliphatic hydroxyl groups excluding tert-OH is 1. The number of likely N-dealkylation sites (tertiary alicyclic amines) is 1.